The van der Waals surface area contributed by atoms with Gasteiger partial charge in [0.1, 0.15) is 11.3 Å². The Kier molecular flexibility index (Phi) is 6.28. The summed E-state index contributed by atoms with van der Waals surface area (Å²) >= 11 is 0. The number of methoxy groups -OCH3 is 1. The molecule has 1 aliphatic heterocycles. The van der Waals surface area contributed by atoms with E-state index in [4.69, 9.17) is 4.74 Å². The molecule has 27 heavy (non-hydrogen) atoms. The van der Waals surface area contributed by atoms with Gasteiger partial charge in [-0.1, -0.05) is 0 Å². The highest BCUT2D eigenvalue weighted by molar-refractivity contribution is 5.85. The number of benzene rings is 1. The third-order valence-corrected chi connectivity index (χ3v) is 6.28. The molecule has 0 spiro atoms. The van der Waals surface area contributed by atoms with E-state index < -0.39 is 0 Å². The van der Waals surface area contributed by atoms with E-state index in [0.717, 1.165) is 44.3 Å². The molecule has 7 heteroatoms. The SMILES string of the molecule is COC1CCC(N2CCC(n3c(=O)[nH]c4c(F)cc(C)cc43)CC2)CC1.Cl. The number of aryl methyl sites for hydroxylation is 1. The molecule has 0 radical (unpaired) electrons. The number of H-pyrrole nitrogens is 1. The highest BCUT2D eigenvalue weighted by Crippen LogP contribution is 2.31. The fraction of sp³-hybridized carbons (Fsp3) is 0.650. The first-order chi connectivity index (χ1) is 12.6. The maximum absolute atomic E-state index is 14.2. The van der Waals surface area contributed by atoms with Crippen molar-refractivity contribution in [1.29, 1.82) is 0 Å². The van der Waals surface area contributed by atoms with Crippen LogP contribution in [0, 0.1) is 12.7 Å². The number of nitrogens with one attached hydrogen (secondary N) is 1. The molecule has 2 fully saturated rings. The van der Waals surface area contributed by atoms with Crippen molar-refractivity contribution >= 4 is 23.4 Å². The molecule has 1 aromatic heterocycles. The van der Waals surface area contributed by atoms with E-state index in [9.17, 15) is 9.18 Å². The van der Waals surface area contributed by atoms with E-state index in [1.165, 1.54) is 18.9 Å². The predicted molar refractivity (Wildman–Crippen MR) is 107 cm³/mol. The number of hydrogen-bond acceptors (Lipinski definition) is 3. The van der Waals surface area contributed by atoms with Crippen LogP contribution in [0.5, 0.6) is 0 Å². The number of rotatable bonds is 3. The fourth-order valence-corrected chi connectivity index (χ4v) is 4.83. The molecule has 2 heterocycles. The number of halogens is 2. The van der Waals surface area contributed by atoms with Crippen molar-refractivity contribution in [2.24, 2.45) is 0 Å². The number of imidazole rings is 1. The maximum atomic E-state index is 14.2. The van der Waals surface area contributed by atoms with Crippen molar-refractivity contribution < 1.29 is 9.13 Å². The molecule has 0 bridgehead atoms. The smallest absolute Gasteiger partial charge is 0.326 e. The number of likely N-dealkylation sites (tertiary alicyclic amines) is 1. The topological polar surface area (TPSA) is 50.3 Å². The van der Waals surface area contributed by atoms with Gasteiger partial charge in [-0.2, -0.15) is 0 Å². The normalized spacial score (nSPS) is 24.9. The molecule has 1 saturated carbocycles. The van der Waals surface area contributed by atoms with E-state index in [0.29, 0.717) is 23.2 Å². The lowest BCUT2D eigenvalue weighted by Crippen LogP contribution is -2.45. The van der Waals surface area contributed by atoms with Crippen LogP contribution in [0.2, 0.25) is 0 Å². The summed E-state index contributed by atoms with van der Waals surface area (Å²) in [6.07, 6.45) is 6.97. The Morgan fingerprint density at radius 1 is 1.07 bits per heavy atom. The fourth-order valence-electron chi connectivity index (χ4n) is 4.83. The minimum Gasteiger partial charge on any atom is -0.381 e. The second kappa shape index (κ2) is 8.33. The summed E-state index contributed by atoms with van der Waals surface area (Å²) in [5, 5.41) is 0. The van der Waals surface area contributed by atoms with Gasteiger partial charge >= 0.3 is 5.69 Å². The Morgan fingerprint density at radius 3 is 2.37 bits per heavy atom. The van der Waals surface area contributed by atoms with Crippen LogP contribution in [0.25, 0.3) is 11.0 Å². The van der Waals surface area contributed by atoms with Crippen molar-refractivity contribution in [2.75, 3.05) is 20.2 Å². The molecule has 0 atom stereocenters. The van der Waals surface area contributed by atoms with Gasteiger partial charge < -0.3 is 14.6 Å². The zero-order valence-electron chi connectivity index (χ0n) is 16.0. The molecule has 4 rings (SSSR count). The quantitative estimate of drug-likeness (QED) is 0.857. The lowest BCUT2D eigenvalue weighted by atomic mass is 9.90. The molecular weight excluding hydrogens is 369 g/mol. The summed E-state index contributed by atoms with van der Waals surface area (Å²) in [5.41, 5.74) is 1.69. The molecule has 0 amide bonds. The average molecular weight is 398 g/mol. The Morgan fingerprint density at radius 2 is 1.74 bits per heavy atom. The first-order valence-corrected chi connectivity index (χ1v) is 9.74. The van der Waals surface area contributed by atoms with Crippen molar-refractivity contribution in [3.8, 4) is 0 Å². The molecule has 1 aromatic carbocycles. The van der Waals surface area contributed by atoms with Gasteiger partial charge in [0.2, 0.25) is 0 Å². The zero-order valence-corrected chi connectivity index (χ0v) is 16.9. The summed E-state index contributed by atoms with van der Waals surface area (Å²) < 4.78 is 21.4. The van der Waals surface area contributed by atoms with Crippen LogP contribution in [0.4, 0.5) is 4.39 Å². The highest BCUT2D eigenvalue weighted by atomic mass is 35.5. The van der Waals surface area contributed by atoms with Gasteiger partial charge in [-0.25, -0.2) is 9.18 Å². The third kappa shape index (κ3) is 3.93. The van der Waals surface area contributed by atoms with Gasteiger partial charge in [0, 0.05) is 32.3 Å². The average Bonchev–Trinajstić information content (AvgIpc) is 2.98. The number of aromatic amines is 1. The minimum atomic E-state index is -0.344. The lowest BCUT2D eigenvalue weighted by molar-refractivity contribution is 0.0296. The summed E-state index contributed by atoms with van der Waals surface area (Å²) in [6.45, 7) is 3.87. The van der Waals surface area contributed by atoms with Gasteiger partial charge in [0.15, 0.2) is 0 Å². The van der Waals surface area contributed by atoms with Crippen molar-refractivity contribution in [2.45, 2.75) is 63.6 Å². The third-order valence-electron chi connectivity index (χ3n) is 6.28. The first kappa shape index (κ1) is 20.4. The first-order valence-electron chi connectivity index (χ1n) is 9.74. The minimum absolute atomic E-state index is 0. The number of aromatic nitrogens is 2. The predicted octanol–water partition coefficient (Wildman–Crippen LogP) is 3.79. The van der Waals surface area contributed by atoms with E-state index in [1.807, 2.05) is 13.0 Å². The number of fused-ring (bicyclic) bond motifs is 1. The Bertz CT molecular complexity index is 834. The summed E-state index contributed by atoms with van der Waals surface area (Å²) in [7, 11) is 1.81. The molecule has 0 unspecified atom stereocenters. The van der Waals surface area contributed by atoms with Gasteiger partial charge in [0.25, 0.3) is 0 Å². The van der Waals surface area contributed by atoms with Crippen molar-refractivity contribution in [3.05, 3.63) is 34.0 Å². The lowest BCUT2D eigenvalue weighted by Gasteiger charge is -2.40. The van der Waals surface area contributed by atoms with E-state index in [-0.39, 0.29) is 30.0 Å². The monoisotopic (exact) mass is 397 g/mol. The molecule has 5 nitrogen and oxygen atoms in total. The van der Waals surface area contributed by atoms with Gasteiger partial charge in [-0.15, -0.1) is 12.4 Å². The molecular formula is C20H29ClFN3O2. The van der Waals surface area contributed by atoms with E-state index in [2.05, 4.69) is 9.88 Å². The Labute approximate surface area is 165 Å². The number of nitrogens with zero attached hydrogens (tertiary/aromatic N) is 2. The van der Waals surface area contributed by atoms with E-state index in [1.54, 1.807) is 11.7 Å². The van der Waals surface area contributed by atoms with Gasteiger partial charge in [0.05, 0.1) is 11.6 Å². The van der Waals surface area contributed by atoms with Gasteiger partial charge in [-0.05, 0) is 63.1 Å². The van der Waals surface area contributed by atoms with Crippen molar-refractivity contribution in [1.82, 2.24) is 14.5 Å². The second-order valence-corrected chi connectivity index (χ2v) is 7.87. The van der Waals surface area contributed by atoms with Crippen LogP contribution in [0.1, 0.15) is 50.1 Å². The highest BCUT2D eigenvalue weighted by Gasteiger charge is 2.30. The summed E-state index contributed by atoms with van der Waals surface area (Å²) in [5.74, 6) is -0.344. The second-order valence-electron chi connectivity index (χ2n) is 7.87. The largest absolute Gasteiger partial charge is 0.381 e. The molecule has 2 aromatic rings. The van der Waals surface area contributed by atoms with Crippen LogP contribution in [0.15, 0.2) is 16.9 Å². The summed E-state index contributed by atoms with van der Waals surface area (Å²) in [4.78, 5) is 17.8. The molecule has 1 saturated heterocycles. The number of piperidine rings is 1. The maximum Gasteiger partial charge on any atom is 0.326 e. The van der Waals surface area contributed by atoms with Gasteiger partial charge in [-0.3, -0.25) is 4.57 Å². The van der Waals surface area contributed by atoms with Crippen LogP contribution in [-0.4, -0.2) is 46.8 Å². The molecule has 2 aliphatic rings. The molecule has 1 N–H and O–H groups in total. The Hall–Kier alpha value is -1.37. The number of hydrogen-bond donors (Lipinski definition) is 1. The van der Waals surface area contributed by atoms with E-state index >= 15 is 0 Å². The zero-order chi connectivity index (χ0) is 18.3. The molecule has 1 aliphatic carbocycles. The number of ether oxygens (including phenoxy) is 1. The summed E-state index contributed by atoms with van der Waals surface area (Å²) in [6, 6.07) is 4.17. The Balaban J connectivity index is 0.00000210. The standard InChI is InChI=1S/C20H28FN3O2.ClH/c1-13-11-17(21)19-18(12-13)24(20(25)22-19)15-7-9-23(10-8-15)14-3-5-16(26-2)6-4-14;/h11-12,14-16H,3-10H2,1-2H3,(H,22,25);1H. The van der Waals surface area contributed by atoms with Crippen LogP contribution in [0.3, 0.4) is 0 Å². The van der Waals surface area contributed by atoms with Crippen molar-refractivity contribution in [3.63, 3.8) is 0 Å². The van der Waals surface area contributed by atoms with Crippen LogP contribution in [-0.2, 0) is 4.74 Å². The molecule has 150 valence electrons. The van der Waals surface area contributed by atoms with Crippen LogP contribution >= 0.6 is 12.4 Å². The van der Waals surface area contributed by atoms with Crippen LogP contribution < -0.4 is 5.69 Å².